The van der Waals surface area contributed by atoms with E-state index in [1.54, 1.807) is 30.5 Å². The van der Waals surface area contributed by atoms with E-state index in [1.807, 2.05) is 0 Å². The van der Waals surface area contributed by atoms with Crippen LogP contribution < -0.4 is 15.4 Å². The Balaban J connectivity index is 1.40. The molecule has 23 heavy (non-hydrogen) atoms. The zero-order valence-corrected chi connectivity index (χ0v) is 13.9. The summed E-state index contributed by atoms with van der Waals surface area (Å²) >= 11 is 7.21. The van der Waals surface area contributed by atoms with Gasteiger partial charge in [0.2, 0.25) is 5.88 Å². The third kappa shape index (κ3) is 3.20. The number of amides is 1. The van der Waals surface area contributed by atoms with E-state index in [0.717, 1.165) is 12.8 Å². The van der Waals surface area contributed by atoms with Crippen molar-refractivity contribution in [2.24, 2.45) is 0 Å². The molecule has 4 heterocycles. The van der Waals surface area contributed by atoms with Gasteiger partial charge in [-0.2, -0.15) is 0 Å². The largest absolute Gasteiger partial charge is 0.428 e. The highest BCUT2D eigenvalue weighted by Crippen LogP contribution is 2.31. The van der Waals surface area contributed by atoms with Crippen LogP contribution in [0.5, 0.6) is 10.9 Å². The van der Waals surface area contributed by atoms with E-state index in [0.29, 0.717) is 32.9 Å². The Labute approximate surface area is 143 Å². The number of thiophene rings is 1. The van der Waals surface area contributed by atoms with Gasteiger partial charge in [0.25, 0.3) is 5.91 Å². The first-order valence-electron chi connectivity index (χ1n) is 7.63. The molecule has 2 bridgehead atoms. The SMILES string of the molecule is O=C(N[C@@H]1C[C@H]2CC[C@@H]1N2)c1ccc(Oc2cc(Cl)ccn2)s1. The number of aromatic nitrogens is 1. The molecule has 1 amide bonds. The molecule has 3 atom stereocenters. The molecular formula is C16H16ClN3O2S. The Hall–Kier alpha value is -1.63. The van der Waals surface area contributed by atoms with Gasteiger partial charge in [0, 0.05) is 35.4 Å². The van der Waals surface area contributed by atoms with Crippen LogP contribution >= 0.6 is 22.9 Å². The Bertz CT molecular complexity index is 736. The van der Waals surface area contributed by atoms with Crippen molar-refractivity contribution in [3.8, 4) is 10.9 Å². The Kier molecular flexibility index (Phi) is 3.97. The summed E-state index contributed by atoms with van der Waals surface area (Å²) < 4.78 is 5.64. The van der Waals surface area contributed by atoms with Crippen LogP contribution in [0.4, 0.5) is 0 Å². The van der Waals surface area contributed by atoms with Crippen LogP contribution in [-0.2, 0) is 0 Å². The second-order valence-corrected chi connectivity index (χ2v) is 7.38. The summed E-state index contributed by atoms with van der Waals surface area (Å²) in [6.07, 6.45) is 4.98. The smallest absolute Gasteiger partial charge is 0.261 e. The molecule has 5 nitrogen and oxygen atoms in total. The quantitative estimate of drug-likeness (QED) is 0.889. The molecular weight excluding hydrogens is 334 g/mol. The molecule has 4 rings (SSSR count). The van der Waals surface area contributed by atoms with E-state index >= 15 is 0 Å². The van der Waals surface area contributed by atoms with E-state index in [9.17, 15) is 4.79 Å². The lowest BCUT2D eigenvalue weighted by molar-refractivity contribution is 0.0935. The summed E-state index contributed by atoms with van der Waals surface area (Å²) in [5.74, 6) is 0.381. The van der Waals surface area contributed by atoms with E-state index in [1.165, 1.54) is 17.8 Å². The topological polar surface area (TPSA) is 63.2 Å². The van der Waals surface area contributed by atoms with E-state index in [4.69, 9.17) is 16.3 Å². The number of carbonyl (C=O) groups excluding carboxylic acids is 1. The molecule has 2 aromatic rings. The summed E-state index contributed by atoms with van der Waals surface area (Å²) in [5.41, 5.74) is 0. The van der Waals surface area contributed by atoms with Crippen molar-refractivity contribution in [2.45, 2.75) is 37.4 Å². The van der Waals surface area contributed by atoms with Gasteiger partial charge in [-0.25, -0.2) is 4.98 Å². The maximum atomic E-state index is 12.4. The number of hydrogen-bond donors (Lipinski definition) is 2. The number of rotatable bonds is 4. The van der Waals surface area contributed by atoms with Crippen molar-refractivity contribution in [1.82, 2.24) is 15.6 Å². The maximum absolute atomic E-state index is 12.4. The van der Waals surface area contributed by atoms with Crippen molar-refractivity contribution in [1.29, 1.82) is 0 Å². The standard InChI is InChI=1S/C16H16ClN3O2S/c17-9-5-6-18-14(7-9)22-15-4-3-13(23-15)16(21)20-12-8-10-1-2-11(12)19-10/h3-7,10-12,19H,1-2,8H2,(H,20,21)/t10-,11+,12-/m1/s1. The zero-order chi connectivity index (χ0) is 15.8. The van der Waals surface area contributed by atoms with E-state index in [-0.39, 0.29) is 11.9 Å². The minimum absolute atomic E-state index is 0.0387. The molecule has 0 aliphatic carbocycles. The number of ether oxygens (including phenoxy) is 1. The number of nitrogens with zero attached hydrogens (tertiary/aromatic N) is 1. The van der Waals surface area contributed by atoms with E-state index in [2.05, 4.69) is 15.6 Å². The van der Waals surface area contributed by atoms with Crippen LogP contribution in [0.1, 0.15) is 28.9 Å². The summed E-state index contributed by atoms with van der Waals surface area (Å²) in [6, 6.07) is 8.12. The average molecular weight is 350 g/mol. The van der Waals surface area contributed by atoms with Crippen LogP contribution in [0.25, 0.3) is 0 Å². The van der Waals surface area contributed by atoms with Crippen LogP contribution in [-0.4, -0.2) is 29.0 Å². The molecule has 0 spiro atoms. The summed E-state index contributed by atoms with van der Waals surface area (Å²) in [7, 11) is 0. The third-order valence-corrected chi connectivity index (χ3v) is 5.52. The van der Waals surface area contributed by atoms with Crippen LogP contribution in [0.15, 0.2) is 30.5 Å². The number of nitrogens with one attached hydrogen (secondary N) is 2. The highest BCUT2D eigenvalue weighted by molar-refractivity contribution is 7.15. The molecule has 2 aromatic heterocycles. The lowest BCUT2D eigenvalue weighted by Gasteiger charge is -2.20. The molecule has 0 unspecified atom stereocenters. The Morgan fingerprint density at radius 1 is 1.39 bits per heavy atom. The molecule has 2 saturated heterocycles. The van der Waals surface area contributed by atoms with Gasteiger partial charge in [-0.15, -0.1) is 0 Å². The first-order valence-corrected chi connectivity index (χ1v) is 8.83. The number of pyridine rings is 1. The normalized spacial score (nSPS) is 25.5. The number of hydrogen-bond acceptors (Lipinski definition) is 5. The lowest BCUT2D eigenvalue weighted by atomic mass is 9.95. The second-order valence-electron chi connectivity index (χ2n) is 5.90. The fourth-order valence-electron chi connectivity index (χ4n) is 3.26. The predicted octanol–water partition coefficient (Wildman–Crippen LogP) is 3.21. The first-order chi connectivity index (χ1) is 11.2. The molecule has 2 aliphatic rings. The number of halogens is 1. The van der Waals surface area contributed by atoms with Crippen molar-refractivity contribution in [2.75, 3.05) is 0 Å². The molecule has 0 saturated carbocycles. The van der Waals surface area contributed by atoms with Crippen molar-refractivity contribution >= 4 is 28.8 Å². The van der Waals surface area contributed by atoms with Gasteiger partial charge in [0.15, 0.2) is 5.06 Å². The fourth-order valence-corrected chi connectivity index (χ4v) is 4.18. The summed E-state index contributed by atoms with van der Waals surface area (Å²) in [4.78, 5) is 17.1. The van der Waals surface area contributed by atoms with E-state index < -0.39 is 0 Å². The minimum atomic E-state index is -0.0387. The summed E-state index contributed by atoms with van der Waals surface area (Å²) in [5, 5.41) is 7.84. The fraction of sp³-hybridized carbons (Fsp3) is 0.375. The third-order valence-electron chi connectivity index (χ3n) is 4.32. The van der Waals surface area contributed by atoms with Gasteiger partial charge in [-0.3, -0.25) is 4.79 Å². The van der Waals surface area contributed by atoms with Crippen molar-refractivity contribution in [3.05, 3.63) is 40.4 Å². The monoisotopic (exact) mass is 349 g/mol. The molecule has 120 valence electrons. The van der Waals surface area contributed by atoms with Crippen LogP contribution in [0, 0.1) is 0 Å². The molecule has 2 N–H and O–H groups in total. The number of carbonyl (C=O) groups is 1. The van der Waals surface area contributed by atoms with Gasteiger partial charge in [-0.1, -0.05) is 22.9 Å². The predicted molar refractivity (Wildman–Crippen MR) is 89.5 cm³/mol. The van der Waals surface area contributed by atoms with Gasteiger partial charge in [0.1, 0.15) is 0 Å². The van der Waals surface area contributed by atoms with Crippen molar-refractivity contribution in [3.63, 3.8) is 0 Å². The molecule has 7 heteroatoms. The highest BCUT2D eigenvalue weighted by Gasteiger charge is 2.39. The Morgan fingerprint density at radius 3 is 3.04 bits per heavy atom. The molecule has 0 aromatic carbocycles. The van der Waals surface area contributed by atoms with Gasteiger partial charge in [-0.05, 0) is 37.5 Å². The van der Waals surface area contributed by atoms with Crippen molar-refractivity contribution < 1.29 is 9.53 Å². The van der Waals surface area contributed by atoms with Crippen LogP contribution in [0.3, 0.4) is 0 Å². The minimum Gasteiger partial charge on any atom is -0.428 e. The zero-order valence-electron chi connectivity index (χ0n) is 12.3. The highest BCUT2D eigenvalue weighted by atomic mass is 35.5. The molecule has 2 aliphatic heterocycles. The summed E-state index contributed by atoms with van der Waals surface area (Å²) in [6.45, 7) is 0. The van der Waals surface area contributed by atoms with Gasteiger partial charge >= 0.3 is 0 Å². The molecule has 2 fully saturated rings. The number of fused-ring (bicyclic) bond motifs is 2. The first kappa shape index (κ1) is 14.9. The van der Waals surface area contributed by atoms with Crippen LogP contribution in [0.2, 0.25) is 5.02 Å². The average Bonchev–Trinajstić information content (AvgIpc) is 3.23. The van der Waals surface area contributed by atoms with Gasteiger partial charge < -0.3 is 15.4 Å². The maximum Gasteiger partial charge on any atom is 0.261 e. The molecule has 0 radical (unpaired) electrons. The lowest BCUT2D eigenvalue weighted by Crippen LogP contribution is -2.42. The second kappa shape index (κ2) is 6.11. The van der Waals surface area contributed by atoms with Gasteiger partial charge in [0.05, 0.1) is 4.88 Å². The Morgan fingerprint density at radius 2 is 2.30 bits per heavy atom.